The second-order valence-corrected chi connectivity index (χ2v) is 19.8. The molecule has 0 spiro atoms. The van der Waals surface area contributed by atoms with Crippen molar-refractivity contribution < 1.29 is 52.7 Å². The number of ether oxygens (including phenoxy) is 2. The van der Waals surface area contributed by atoms with E-state index in [1.807, 2.05) is 0 Å². The number of alkyl halides is 6. The van der Waals surface area contributed by atoms with Crippen LogP contribution in [0, 0.1) is 0 Å². The van der Waals surface area contributed by atoms with Gasteiger partial charge in [-0.2, -0.15) is 36.5 Å². The molecule has 2 atom stereocenters. The van der Waals surface area contributed by atoms with E-state index in [9.17, 15) is 43.2 Å². The summed E-state index contributed by atoms with van der Waals surface area (Å²) in [7, 11) is -4.58. The van der Waals surface area contributed by atoms with Crippen molar-refractivity contribution in [2.45, 2.75) is 46.8 Å². The number of hydrogen-bond donors (Lipinski definition) is 2. The Morgan fingerprint density at radius 1 is 0.528 bits per heavy atom. The molecule has 0 radical (unpaired) electrons. The lowest BCUT2D eigenvalue weighted by molar-refractivity contribution is -0.138. The molecule has 4 aromatic heterocycles. The molecule has 0 aliphatic carbocycles. The summed E-state index contributed by atoms with van der Waals surface area (Å²) < 4.78 is 152. The zero-order valence-corrected chi connectivity index (χ0v) is 39.4. The van der Waals surface area contributed by atoms with Crippen LogP contribution in [0.2, 0.25) is 0 Å². The predicted molar refractivity (Wildman–Crippen MR) is 250 cm³/mol. The first-order chi connectivity index (χ1) is 34.3. The van der Waals surface area contributed by atoms with Crippen LogP contribution in [0.25, 0.3) is 22.5 Å². The van der Waals surface area contributed by atoms with E-state index < -0.39 is 43.5 Å². The number of halogens is 6. The van der Waals surface area contributed by atoms with Gasteiger partial charge in [0.05, 0.1) is 45.5 Å². The first kappa shape index (κ1) is 49.1. The van der Waals surface area contributed by atoms with Crippen molar-refractivity contribution >= 4 is 31.7 Å². The molecule has 0 saturated carbocycles. The quantitative estimate of drug-likeness (QED) is 0.123. The summed E-state index contributed by atoms with van der Waals surface area (Å²) in [6.07, 6.45) is 0.343. The number of anilines is 2. The van der Waals surface area contributed by atoms with E-state index in [1.54, 1.807) is 38.4 Å². The SMILES string of the molecule is Cn1nccc1-c1cc(C(F)(F)F)ccc1[C@@H]1CCOc2cc(S(=O)(=O)Nc3ccncn3)ccc21.Cn1nccc1-c1cc(C(F)(F)F)ccc1[C@H]1CCOc2cc(S(=O)(=O)Nc3ccncn3)ccc21. The molecule has 4 aromatic carbocycles. The fourth-order valence-corrected chi connectivity index (χ4v) is 10.7. The highest BCUT2D eigenvalue weighted by molar-refractivity contribution is 7.93. The largest absolute Gasteiger partial charge is 0.493 e. The number of aryl methyl sites for hydroxylation is 2. The Morgan fingerprint density at radius 3 is 1.28 bits per heavy atom. The van der Waals surface area contributed by atoms with Gasteiger partial charge in [0, 0.05) is 85.1 Å². The van der Waals surface area contributed by atoms with Gasteiger partial charge in [-0.1, -0.05) is 24.3 Å². The van der Waals surface area contributed by atoms with Crippen LogP contribution in [0.5, 0.6) is 11.5 Å². The van der Waals surface area contributed by atoms with Gasteiger partial charge in [0.2, 0.25) is 0 Å². The Bertz CT molecular complexity index is 3270. The van der Waals surface area contributed by atoms with E-state index in [2.05, 4.69) is 39.6 Å². The van der Waals surface area contributed by atoms with Gasteiger partial charge < -0.3 is 9.47 Å². The Hall–Kier alpha value is -7.86. The summed E-state index contributed by atoms with van der Waals surface area (Å²) in [6, 6.07) is 22.5. The number of benzene rings is 4. The monoisotopic (exact) mass is 1030 g/mol. The van der Waals surface area contributed by atoms with Gasteiger partial charge in [0.25, 0.3) is 20.0 Å². The maximum atomic E-state index is 13.5. The Balaban J connectivity index is 0.000000178. The molecule has 6 heterocycles. The van der Waals surface area contributed by atoms with Crippen molar-refractivity contribution in [2.75, 3.05) is 22.7 Å². The maximum Gasteiger partial charge on any atom is 0.416 e. The van der Waals surface area contributed by atoms with Crippen molar-refractivity contribution in [2.24, 2.45) is 14.1 Å². The van der Waals surface area contributed by atoms with Crippen LogP contribution >= 0.6 is 0 Å². The summed E-state index contributed by atoms with van der Waals surface area (Å²) in [4.78, 5) is 15.2. The highest BCUT2D eigenvalue weighted by atomic mass is 32.2. The highest BCUT2D eigenvalue weighted by Gasteiger charge is 2.36. The van der Waals surface area contributed by atoms with E-state index >= 15 is 0 Å². The Morgan fingerprint density at radius 2 is 0.931 bits per heavy atom. The van der Waals surface area contributed by atoms with Crippen LogP contribution in [0.4, 0.5) is 38.0 Å². The summed E-state index contributed by atoms with van der Waals surface area (Å²) in [5.41, 5.74) is 3.09. The summed E-state index contributed by atoms with van der Waals surface area (Å²) in [6.45, 7) is 0.540. The van der Waals surface area contributed by atoms with Crippen LogP contribution in [-0.2, 0) is 46.5 Å². The van der Waals surface area contributed by atoms with Crippen LogP contribution in [0.1, 0.15) is 58.1 Å². The Kier molecular flexibility index (Phi) is 13.2. The van der Waals surface area contributed by atoms with E-state index in [0.29, 0.717) is 69.1 Å². The van der Waals surface area contributed by atoms with Gasteiger partial charge in [-0.05, 0) is 84.6 Å². The molecule has 372 valence electrons. The standard InChI is InChI=1S/2C24H20F3N5O3S/c2*1-32-21(6-10-30-32)20-12-15(24(25,26)27)2-4-17(20)18-8-11-35-22-13-16(3-5-19(18)22)36(33,34)31-23-7-9-28-14-29-23/h2*2-7,9-10,12-14,18H,8,11H2,1H3,(H,28,29,31)/t2*18-/m10/s1. The lowest BCUT2D eigenvalue weighted by atomic mass is 9.83. The summed E-state index contributed by atoms with van der Waals surface area (Å²) >= 11 is 0. The number of aromatic nitrogens is 8. The number of fused-ring (bicyclic) bond motifs is 2. The third-order valence-corrected chi connectivity index (χ3v) is 14.7. The van der Waals surface area contributed by atoms with Gasteiger partial charge in [-0.25, -0.2) is 36.8 Å². The lowest BCUT2D eigenvalue weighted by Crippen LogP contribution is -2.19. The van der Waals surface area contributed by atoms with Crippen molar-refractivity contribution in [3.8, 4) is 34.0 Å². The third kappa shape index (κ3) is 10.3. The minimum atomic E-state index is -4.50. The fourth-order valence-electron chi connectivity index (χ4n) is 8.61. The highest BCUT2D eigenvalue weighted by Crippen LogP contribution is 2.46. The molecule has 0 saturated heterocycles. The third-order valence-electron chi connectivity index (χ3n) is 12.0. The van der Waals surface area contributed by atoms with Crippen LogP contribution in [0.3, 0.4) is 0 Å². The van der Waals surface area contributed by atoms with Crippen molar-refractivity contribution in [1.82, 2.24) is 39.5 Å². The van der Waals surface area contributed by atoms with E-state index in [4.69, 9.17) is 9.47 Å². The fraction of sp³-hybridized carbons (Fsp3) is 0.208. The zero-order valence-electron chi connectivity index (χ0n) is 37.8. The first-order valence-corrected chi connectivity index (χ1v) is 24.7. The van der Waals surface area contributed by atoms with Crippen LogP contribution in [0.15, 0.2) is 144 Å². The molecule has 2 aliphatic rings. The van der Waals surface area contributed by atoms with Crippen molar-refractivity contribution in [3.05, 3.63) is 168 Å². The number of hydrogen-bond acceptors (Lipinski definition) is 12. The van der Waals surface area contributed by atoms with Crippen molar-refractivity contribution in [3.63, 3.8) is 0 Å². The second kappa shape index (κ2) is 19.4. The van der Waals surface area contributed by atoms with Crippen molar-refractivity contribution in [1.29, 1.82) is 0 Å². The molecule has 0 unspecified atom stereocenters. The normalized spacial score (nSPS) is 15.7. The molecule has 0 amide bonds. The summed E-state index contributed by atoms with van der Waals surface area (Å²) in [5, 5.41) is 8.23. The molecule has 10 rings (SSSR count). The van der Waals surface area contributed by atoms with E-state index in [-0.39, 0.29) is 46.5 Å². The molecule has 2 aliphatic heterocycles. The maximum absolute atomic E-state index is 13.5. The molecule has 0 fully saturated rings. The topological polar surface area (TPSA) is 198 Å². The number of sulfonamides is 2. The van der Waals surface area contributed by atoms with Gasteiger partial charge in [0.1, 0.15) is 35.8 Å². The second-order valence-electron chi connectivity index (χ2n) is 16.5. The molecule has 24 heteroatoms. The lowest BCUT2D eigenvalue weighted by Gasteiger charge is -2.28. The average molecular weight is 1030 g/mol. The minimum absolute atomic E-state index is 0.0280. The van der Waals surface area contributed by atoms with Gasteiger partial charge in [-0.3, -0.25) is 18.8 Å². The van der Waals surface area contributed by atoms with Crippen LogP contribution < -0.4 is 18.9 Å². The average Bonchev–Trinajstić information content (AvgIpc) is 4.00. The number of rotatable bonds is 10. The van der Waals surface area contributed by atoms with Gasteiger partial charge >= 0.3 is 12.4 Å². The molecule has 16 nitrogen and oxygen atoms in total. The first-order valence-electron chi connectivity index (χ1n) is 21.8. The number of nitrogens with zero attached hydrogens (tertiary/aromatic N) is 8. The molecular formula is C48H40F6N10O6S2. The van der Waals surface area contributed by atoms with Gasteiger partial charge in [-0.15, -0.1) is 0 Å². The smallest absolute Gasteiger partial charge is 0.416 e. The molecular weight excluding hydrogens is 991 g/mol. The predicted octanol–water partition coefficient (Wildman–Crippen LogP) is 9.22. The molecule has 2 N–H and O–H groups in total. The Labute approximate surface area is 407 Å². The molecule has 8 aromatic rings. The molecule has 0 bridgehead atoms. The van der Waals surface area contributed by atoms with E-state index in [1.165, 1.54) is 95.3 Å². The van der Waals surface area contributed by atoms with Crippen LogP contribution in [-0.4, -0.2) is 69.5 Å². The van der Waals surface area contributed by atoms with Gasteiger partial charge in [0.15, 0.2) is 0 Å². The minimum Gasteiger partial charge on any atom is -0.493 e. The number of nitrogens with one attached hydrogen (secondary N) is 2. The summed E-state index contributed by atoms with van der Waals surface area (Å²) in [5.74, 6) is 0.319. The zero-order chi connectivity index (χ0) is 51.0. The molecule has 72 heavy (non-hydrogen) atoms. The van der Waals surface area contributed by atoms with E-state index in [0.717, 1.165) is 24.3 Å².